The minimum Gasteiger partial charge on any atom is -0.478 e. The maximum Gasteiger partial charge on any atom is 0.328 e. The molecule has 0 radical (unpaired) electrons. The molecule has 6 nitrogen and oxygen atoms in total. The first-order chi connectivity index (χ1) is 13.3. The van der Waals surface area contributed by atoms with Crippen molar-refractivity contribution in [3.05, 3.63) is 65.2 Å². The number of anilines is 2. The third-order valence-corrected chi connectivity index (χ3v) is 5.23. The van der Waals surface area contributed by atoms with Crippen LogP contribution in [0.5, 0.6) is 0 Å². The second-order valence-electron chi connectivity index (χ2n) is 5.85. The Labute approximate surface area is 172 Å². The molecule has 3 N–H and O–H groups in total. The molecule has 1 atom stereocenters. The summed E-state index contributed by atoms with van der Waals surface area (Å²) in [5, 5.41) is 14.2. The lowest BCUT2D eigenvalue weighted by molar-refractivity contribution is -0.131. The van der Waals surface area contributed by atoms with Gasteiger partial charge in [0.15, 0.2) is 0 Å². The molecule has 0 saturated carbocycles. The van der Waals surface area contributed by atoms with Crippen LogP contribution in [0, 0.1) is 6.92 Å². The fourth-order valence-corrected chi connectivity index (χ4v) is 3.22. The van der Waals surface area contributed by atoms with Gasteiger partial charge < -0.3 is 15.7 Å². The Morgan fingerprint density at radius 1 is 1.07 bits per heavy atom. The van der Waals surface area contributed by atoms with Crippen LogP contribution in [0.3, 0.4) is 0 Å². The van der Waals surface area contributed by atoms with Crippen molar-refractivity contribution >= 4 is 52.5 Å². The Hall–Kier alpha value is -2.77. The van der Waals surface area contributed by atoms with Crippen molar-refractivity contribution in [2.24, 2.45) is 0 Å². The van der Waals surface area contributed by atoms with Gasteiger partial charge in [0, 0.05) is 33.4 Å². The van der Waals surface area contributed by atoms with Crippen LogP contribution in [0.25, 0.3) is 0 Å². The number of carbonyl (C=O) groups excluding carboxylic acids is 2. The van der Waals surface area contributed by atoms with Gasteiger partial charge in [0.1, 0.15) is 0 Å². The van der Waals surface area contributed by atoms with E-state index in [1.165, 1.54) is 11.8 Å². The minimum absolute atomic E-state index is 0.147. The van der Waals surface area contributed by atoms with Crippen LogP contribution in [0.1, 0.15) is 12.5 Å². The molecule has 0 aliphatic heterocycles. The first-order valence-corrected chi connectivity index (χ1v) is 9.56. The number of benzene rings is 2. The Morgan fingerprint density at radius 3 is 2.39 bits per heavy atom. The van der Waals surface area contributed by atoms with Crippen molar-refractivity contribution in [1.29, 1.82) is 0 Å². The zero-order valence-corrected chi connectivity index (χ0v) is 16.8. The molecule has 1 unspecified atom stereocenters. The molecule has 0 saturated heterocycles. The van der Waals surface area contributed by atoms with E-state index in [1.54, 1.807) is 49.4 Å². The number of amides is 2. The van der Waals surface area contributed by atoms with Gasteiger partial charge >= 0.3 is 5.97 Å². The molecule has 146 valence electrons. The van der Waals surface area contributed by atoms with Crippen LogP contribution < -0.4 is 10.6 Å². The van der Waals surface area contributed by atoms with Gasteiger partial charge in [0.2, 0.25) is 11.8 Å². The van der Waals surface area contributed by atoms with Crippen molar-refractivity contribution in [3.63, 3.8) is 0 Å². The van der Waals surface area contributed by atoms with Crippen LogP contribution in [0.15, 0.2) is 59.5 Å². The molecule has 2 amide bonds. The maximum absolute atomic E-state index is 12.4. The van der Waals surface area contributed by atoms with E-state index < -0.39 is 11.9 Å². The fraction of sp³-hybridized carbons (Fsp3) is 0.150. The standard InChI is InChI=1S/C20H19ClN2O4S/c1-12-16(21)4-3-5-17(12)23-20(27)13(2)28-15-8-6-14(7-9-15)22-18(24)10-11-19(25)26/h3-11,13H,1-2H3,(H,22,24)(H,23,27)(H,25,26)/b11-10+. The highest BCUT2D eigenvalue weighted by atomic mass is 35.5. The minimum atomic E-state index is -1.19. The van der Waals surface area contributed by atoms with E-state index in [0.29, 0.717) is 16.4 Å². The predicted octanol–water partition coefficient (Wildman–Crippen LogP) is 4.35. The summed E-state index contributed by atoms with van der Waals surface area (Å²) in [5.41, 5.74) is 2.01. The number of carboxylic acids is 1. The highest BCUT2D eigenvalue weighted by molar-refractivity contribution is 8.00. The second-order valence-corrected chi connectivity index (χ2v) is 7.67. The number of carbonyl (C=O) groups is 3. The van der Waals surface area contributed by atoms with Crippen LogP contribution in [-0.4, -0.2) is 28.1 Å². The summed E-state index contributed by atoms with van der Waals surface area (Å²) in [4.78, 5) is 35.2. The lowest BCUT2D eigenvalue weighted by atomic mass is 10.2. The van der Waals surface area contributed by atoms with E-state index in [9.17, 15) is 14.4 Å². The highest BCUT2D eigenvalue weighted by Gasteiger charge is 2.16. The lowest BCUT2D eigenvalue weighted by Gasteiger charge is -2.14. The Kier molecular flexibility index (Phi) is 7.66. The number of aliphatic carboxylic acids is 1. The molecule has 8 heteroatoms. The van der Waals surface area contributed by atoms with E-state index in [0.717, 1.165) is 22.6 Å². The number of nitrogens with one attached hydrogen (secondary N) is 2. The van der Waals surface area contributed by atoms with Crippen LogP contribution >= 0.6 is 23.4 Å². The number of rotatable bonds is 7. The molecule has 28 heavy (non-hydrogen) atoms. The van der Waals surface area contributed by atoms with Crippen molar-refractivity contribution in [2.75, 3.05) is 10.6 Å². The Morgan fingerprint density at radius 2 is 1.75 bits per heavy atom. The zero-order chi connectivity index (χ0) is 20.7. The van der Waals surface area contributed by atoms with Gasteiger partial charge in [-0.15, -0.1) is 11.8 Å². The fourth-order valence-electron chi connectivity index (χ4n) is 2.18. The number of hydrogen-bond acceptors (Lipinski definition) is 4. The number of halogens is 1. The largest absolute Gasteiger partial charge is 0.478 e. The van der Waals surface area contributed by atoms with Crippen molar-refractivity contribution in [3.8, 4) is 0 Å². The third kappa shape index (κ3) is 6.44. The van der Waals surface area contributed by atoms with Crippen LogP contribution in [-0.2, 0) is 14.4 Å². The molecule has 0 heterocycles. The first-order valence-electron chi connectivity index (χ1n) is 8.31. The molecule has 0 aliphatic carbocycles. The molecule has 2 rings (SSSR count). The molecular weight excluding hydrogens is 400 g/mol. The number of thioether (sulfide) groups is 1. The van der Waals surface area contributed by atoms with Crippen LogP contribution in [0.2, 0.25) is 5.02 Å². The van der Waals surface area contributed by atoms with E-state index >= 15 is 0 Å². The van der Waals surface area contributed by atoms with Gasteiger partial charge in [-0.3, -0.25) is 9.59 Å². The summed E-state index contributed by atoms with van der Waals surface area (Å²) in [6.07, 6.45) is 1.71. The Balaban J connectivity index is 1.93. The van der Waals surface area contributed by atoms with Gasteiger partial charge in [-0.1, -0.05) is 17.7 Å². The lowest BCUT2D eigenvalue weighted by Crippen LogP contribution is -2.22. The second kappa shape index (κ2) is 9.96. The summed E-state index contributed by atoms with van der Waals surface area (Å²) in [7, 11) is 0. The molecular formula is C20H19ClN2O4S. The average Bonchev–Trinajstić information content (AvgIpc) is 2.65. The number of hydrogen-bond donors (Lipinski definition) is 3. The Bertz CT molecular complexity index is 913. The molecule has 2 aromatic rings. The summed E-state index contributed by atoms with van der Waals surface area (Å²) in [6, 6.07) is 12.3. The summed E-state index contributed by atoms with van der Waals surface area (Å²) < 4.78 is 0. The van der Waals surface area contributed by atoms with Gasteiger partial charge in [-0.2, -0.15) is 0 Å². The van der Waals surface area contributed by atoms with Gasteiger partial charge in [-0.25, -0.2) is 4.79 Å². The van der Waals surface area contributed by atoms with Crippen LogP contribution in [0.4, 0.5) is 11.4 Å². The molecule has 0 aliphatic rings. The van der Waals surface area contributed by atoms with Crippen molar-refractivity contribution in [2.45, 2.75) is 24.0 Å². The summed E-state index contributed by atoms with van der Waals surface area (Å²) in [6.45, 7) is 3.64. The quantitative estimate of drug-likeness (QED) is 0.459. The molecule has 2 aromatic carbocycles. The SMILES string of the molecule is Cc1c(Cl)cccc1NC(=O)C(C)Sc1ccc(NC(=O)/C=C/C(=O)O)cc1. The zero-order valence-electron chi connectivity index (χ0n) is 15.2. The van der Waals surface area contributed by atoms with Crippen molar-refractivity contribution < 1.29 is 19.5 Å². The highest BCUT2D eigenvalue weighted by Crippen LogP contribution is 2.27. The van der Waals surface area contributed by atoms with Crippen molar-refractivity contribution in [1.82, 2.24) is 0 Å². The maximum atomic E-state index is 12.4. The van der Waals surface area contributed by atoms with E-state index in [1.807, 2.05) is 6.92 Å². The molecule has 0 fully saturated rings. The third-order valence-electron chi connectivity index (χ3n) is 3.71. The van der Waals surface area contributed by atoms with E-state index in [2.05, 4.69) is 10.6 Å². The topological polar surface area (TPSA) is 95.5 Å². The first kappa shape index (κ1) is 21.5. The summed E-state index contributed by atoms with van der Waals surface area (Å²) in [5.74, 6) is -1.87. The normalized spacial score (nSPS) is 11.8. The monoisotopic (exact) mass is 418 g/mol. The van der Waals surface area contributed by atoms with Gasteiger partial charge in [-0.05, 0) is 55.8 Å². The smallest absolute Gasteiger partial charge is 0.328 e. The predicted molar refractivity (Wildman–Crippen MR) is 112 cm³/mol. The molecule has 0 bridgehead atoms. The van der Waals surface area contributed by atoms with E-state index in [-0.39, 0.29) is 11.2 Å². The van der Waals surface area contributed by atoms with Gasteiger partial charge in [0.25, 0.3) is 0 Å². The summed E-state index contributed by atoms with van der Waals surface area (Å²) >= 11 is 7.45. The average molecular weight is 419 g/mol. The van der Waals surface area contributed by atoms with Gasteiger partial charge in [0.05, 0.1) is 5.25 Å². The number of carboxylic acid groups (broad SMARTS) is 1. The molecule has 0 spiro atoms. The molecule has 0 aromatic heterocycles. The van der Waals surface area contributed by atoms with E-state index in [4.69, 9.17) is 16.7 Å².